The van der Waals surface area contributed by atoms with E-state index in [-0.39, 0.29) is 5.56 Å². The lowest BCUT2D eigenvalue weighted by Crippen LogP contribution is -2.17. The van der Waals surface area contributed by atoms with E-state index in [2.05, 4.69) is 15.3 Å². The maximum Gasteiger partial charge on any atom is 0.270 e. The number of hydrogen-bond acceptors (Lipinski definition) is 5. The second-order valence-electron chi connectivity index (χ2n) is 4.41. The Labute approximate surface area is 122 Å². The molecule has 1 aromatic heterocycles. The van der Waals surface area contributed by atoms with E-state index in [1.54, 1.807) is 31.4 Å². The second-order valence-corrected chi connectivity index (χ2v) is 4.41. The summed E-state index contributed by atoms with van der Waals surface area (Å²) in [5, 5.41) is 12.2. The number of anilines is 1. The van der Waals surface area contributed by atoms with Crippen molar-refractivity contribution in [1.82, 2.24) is 9.97 Å². The van der Waals surface area contributed by atoms with Crippen LogP contribution in [-0.2, 0) is 0 Å². The Bertz CT molecular complexity index is 714. The highest BCUT2D eigenvalue weighted by atomic mass is 16.5. The minimum Gasteiger partial charge on any atom is -0.497 e. The van der Waals surface area contributed by atoms with Crippen molar-refractivity contribution in [2.45, 2.75) is 13.3 Å². The Hall–Kier alpha value is -2.81. The number of aromatic amines is 1. The van der Waals surface area contributed by atoms with Crippen LogP contribution in [-0.4, -0.2) is 23.6 Å². The number of nitriles is 1. The summed E-state index contributed by atoms with van der Waals surface area (Å²) in [5.74, 6) is 1.07. The number of nitrogens with one attached hydrogen (secondary N) is 2. The Morgan fingerprint density at radius 3 is 2.67 bits per heavy atom. The van der Waals surface area contributed by atoms with Crippen LogP contribution >= 0.6 is 0 Å². The number of nitrogens with zero attached hydrogens (tertiary/aromatic N) is 2. The van der Waals surface area contributed by atoms with Gasteiger partial charge in [-0.05, 0) is 30.7 Å². The van der Waals surface area contributed by atoms with E-state index >= 15 is 0 Å². The average molecular weight is 284 g/mol. The molecule has 1 aromatic carbocycles. The third kappa shape index (κ3) is 3.20. The average Bonchev–Trinajstić information content (AvgIpc) is 2.52. The first-order valence-electron chi connectivity index (χ1n) is 6.62. The highest BCUT2D eigenvalue weighted by molar-refractivity contribution is 5.67. The molecule has 0 saturated carbocycles. The highest BCUT2D eigenvalue weighted by Gasteiger charge is 2.13. The van der Waals surface area contributed by atoms with Crippen molar-refractivity contribution in [3.8, 4) is 23.1 Å². The minimum absolute atomic E-state index is 0.00205. The number of benzene rings is 1. The summed E-state index contributed by atoms with van der Waals surface area (Å²) in [6.07, 6.45) is 0.904. The van der Waals surface area contributed by atoms with Crippen molar-refractivity contribution in [1.29, 1.82) is 5.26 Å². The molecular formula is C15H16N4O2. The van der Waals surface area contributed by atoms with Gasteiger partial charge >= 0.3 is 0 Å². The number of aromatic nitrogens is 2. The van der Waals surface area contributed by atoms with Gasteiger partial charge in [-0.15, -0.1) is 0 Å². The van der Waals surface area contributed by atoms with Gasteiger partial charge in [-0.1, -0.05) is 6.92 Å². The van der Waals surface area contributed by atoms with E-state index < -0.39 is 5.56 Å². The number of methoxy groups -OCH3 is 1. The monoisotopic (exact) mass is 284 g/mol. The summed E-state index contributed by atoms with van der Waals surface area (Å²) in [6, 6.07) is 8.97. The molecule has 0 unspecified atom stereocenters. The maximum absolute atomic E-state index is 12.0. The molecule has 6 heteroatoms. The largest absolute Gasteiger partial charge is 0.497 e. The third-order valence-corrected chi connectivity index (χ3v) is 2.94. The molecule has 0 fully saturated rings. The molecule has 0 saturated heterocycles. The molecule has 0 spiro atoms. The summed E-state index contributed by atoms with van der Waals surface area (Å²) in [5.41, 5.74) is 0.611. The van der Waals surface area contributed by atoms with Crippen molar-refractivity contribution >= 4 is 5.95 Å². The molecule has 2 N–H and O–H groups in total. The molecule has 0 radical (unpaired) electrons. The van der Waals surface area contributed by atoms with Crippen molar-refractivity contribution in [2.24, 2.45) is 0 Å². The molecule has 6 nitrogen and oxygen atoms in total. The Kier molecular flexibility index (Phi) is 4.57. The van der Waals surface area contributed by atoms with Gasteiger partial charge < -0.3 is 10.1 Å². The molecular weight excluding hydrogens is 268 g/mol. The standard InChI is InChI=1S/C15H16N4O2/c1-3-8-17-15-18-13(12(9-16)14(20)19-15)10-4-6-11(21-2)7-5-10/h4-7H,3,8H2,1-2H3,(H2,17,18,19,20). The van der Waals surface area contributed by atoms with Gasteiger partial charge in [0, 0.05) is 12.1 Å². The van der Waals surface area contributed by atoms with Gasteiger partial charge in [-0.3, -0.25) is 9.78 Å². The van der Waals surface area contributed by atoms with Gasteiger partial charge in [-0.2, -0.15) is 5.26 Å². The summed E-state index contributed by atoms with van der Waals surface area (Å²) < 4.78 is 5.10. The summed E-state index contributed by atoms with van der Waals surface area (Å²) in [6.45, 7) is 2.70. The normalized spacial score (nSPS) is 9.95. The van der Waals surface area contributed by atoms with Crippen LogP contribution in [0.5, 0.6) is 5.75 Å². The third-order valence-electron chi connectivity index (χ3n) is 2.94. The first kappa shape index (κ1) is 14.6. The molecule has 2 rings (SSSR count). The molecule has 1 heterocycles. The van der Waals surface area contributed by atoms with Gasteiger partial charge in [0.05, 0.1) is 12.8 Å². The maximum atomic E-state index is 12.0. The molecule has 0 bridgehead atoms. The van der Waals surface area contributed by atoms with Crippen LogP contribution in [0.4, 0.5) is 5.95 Å². The van der Waals surface area contributed by atoms with Gasteiger partial charge in [0.25, 0.3) is 5.56 Å². The van der Waals surface area contributed by atoms with Crippen LogP contribution < -0.4 is 15.6 Å². The summed E-state index contributed by atoms with van der Waals surface area (Å²) >= 11 is 0. The van der Waals surface area contributed by atoms with Crippen molar-refractivity contribution in [3.05, 3.63) is 40.2 Å². The van der Waals surface area contributed by atoms with E-state index in [0.29, 0.717) is 29.5 Å². The SMILES string of the molecule is CCCNc1nc(-c2ccc(OC)cc2)c(C#N)c(=O)[nH]1. The molecule has 0 atom stereocenters. The van der Waals surface area contributed by atoms with Crippen LogP contribution in [0.1, 0.15) is 18.9 Å². The lowest BCUT2D eigenvalue weighted by atomic mass is 10.1. The summed E-state index contributed by atoms with van der Waals surface area (Å²) in [7, 11) is 1.58. The molecule has 21 heavy (non-hydrogen) atoms. The van der Waals surface area contributed by atoms with Gasteiger partial charge in [0.2, 0.25) is 5.95 Å². The molecule has 2 aromatic rings. The number of H-pyrrole nitrogens is 1. The predicted molar refractivity (Wildman–Crippen MR) is 80.3 cm³/mol. The quantitative estimate of drug-likeness (QED) is 0.877. The first-order chi connectivity index (χ1) is 10.2. The molecule has 0 aliphatic carbocycles. The fraction of sp³-hybridized carbons (Fsp3) is 0.267. The highest BCUT2D eigenvalue weighted by Crippen LogP contribution is 2.22. The van der Waals surface area contributed by atoms with Crippen LogP contribution in [0.25, 0.3) is 11.3 Å². The Morgan fingerprint density at radius 2 is 2.10 bits per heavy atom. The van der Waals surface area contributed by atoms with Crippen LogP contribution in [0, 0.1) is 11.3 Å². The van der Waals surface area contributed by atoms with E-state index in [1.807, 2.05) is 13.0 Å². The van der Waals surface area contributed by atoms with Gasteiger partial charge in [-0.25, -0.2) is 4.98 Å². The van der Waals surface area contributed by atoms with Gasteiger partial charge in [0.15, 0.2) is 0 Å². The molecule has 0 aliphatic rings. The van der Waals surface area contributed by atoms with E-state index in [1.165, 1.54) is 0 Å². The lowest BCUT2D eigenvalue weighted by Gasteiger charge is -2.08. The zero-order valence-corrected chi connectivity index (χ0v) is 11.9. The van der Waals surface area contributed by atoms with Crippen LogP contribution in [0.15, 0.2) is 29.1 Å². The zero-order chi connectivity index (χ0) is 15.2. The van der Waals surface area contributed by atoms with Crippen molar-refractivity contribution in [2.75, 3.05) is 19.0 Å². The number of rotatable bonds is 5. The van der Waals surface area contributed by atoms with E-state index in [4.69, 9.17) is 4.74 Å². The topological polar surface area (TPSA) is 90.8 Å². The first-order valence-corrected chi connectivity index (χ1v) is 6.62. The molecule has 0 aliphatic heterocycles. The fourth-order valence-electron chi connectivity index (χ4n) is 1.86. The van der Waals surface area contributed by atoms with Crippen LogP contribution in [0.2, 0.25) is 0 Å². The number of hydrogen-bond donors (Lipinski definition) is 2. The Morgan fingerprint density at radius 1 is 1.38 bits per heavy atom. The van der Waals surface area contributed by atoms with Crippen LogP contribution in [0.3, 0.4) is 0 Å². The van der Waals surface area contributed by atoms with Crippen molar-refractivity contribution in [3.63, 3.8) is 0 Å². The summed E-state index contributed by atoms with van der Waals surface area (Å²) in [4.78, 5) is 18.9. The van der Waals surface area contributed by atoms with E-state index in [0.717, 1.165) is 6.42 Å². The Balaban J connectivity index is 2.51. The molecule has 108 valence electrons. The second kappa shape index (κ2) is 6.57. The van der Waals surface area contributed by atoms with E-state index in [9.17, 15) is 10.1 Å². The molecule has 0 amide bonds. The van der Waals surface area contributed by atoms with Gasteiger partial charge in [0.1, 0.15) is 17.4 Å². The number of ether oxygens (including phenoxy) is 1. The zero-order valence-electron chi connectivity index (χ0n) is 11.9. The predicted octanol–water partition coefficient (Wildman–Crippen LogP) is 2.14. The lowest BCUT2D eigenvalue weighted by molar-refractivity contribution is 0.415. The smallest absolute Gasteiger partial charge is 0.270 e. The fourth-order valence-corrected chi connectivity index (χ4v) is 1.86. The van der Waals surface area contributed by atoms with Crippen molar-refractivity contribution < 1.29 is 4.74 Å². The minimum atomic E-state index is -0.447.